The third-order valence-electron chi connectivity index (χ3n) is 6.15. The van der Waals surface area contributed by atoms with E-state index in [0.717, 1.165) is 6.61 Å². The van der Waals surface area contributed by atoms with E-state index in [9.17, 15) is 0 Å². The van der Waals surface area contributed by atoms with Gasteiger partial charge in [0, 0.05) is 6.61 Å². The molecule has 0 heterocycles. The zero-order chi connectivity index (χ0) is 18.5. The van der Waals surface area contributed by atoms with Crippen LogP contribution in [0.4, 0.5) is 0 Å². The van der Waals surface area contributed by atoms with Crippen LogP contribution in [0.1, 0.15) is 148 Å². The highest BCUT2D eigenvalue weighted by Gasteiger charge is 2.11. The first-order chi connectivity index (χ1) is 12.9. The minimum atomic E-state index is 0.592. The van der Waals surface area contributed by atoms with Crippen molar-refractivity contribution in [3.8, 4) is 0 Å². The fourth-order valence-electron chi connectivity index (χ4n) is 4.31. The molecule has 1 fully saturated rings. The second kappa shape index (κ2) is 19.7. The molecule has 0 N–H and O–H groups in total. The van der Waals surface area contributed by atoms with Crippen LogP contribution in [0.2, 0.25) is 0 Å². The Morgan fingerprint density at radius 1 is 0.500 bits per heavy atom. The predicted molar refractivity (Wildman–Crippen MR) is 117 cm³/mol. The maximum Gasteiger partial charge on any atom is 0.0575 e. The van der Waals surface area contributed by atoms with Gasteiger partial charge in [0.25, 0.3) is 0 Å². The Hall–Kier alpha value is -0.0400. The molecule has 26 heavy (non-hydrogen) atoms. The highest BCUT2D eigenvalue weighted by atomic mass is 16.5. The van der Waals surface area contributed by atoms with E-state index in [1.807, 2.05) is 0 Å². The van der Waals surface area contributed by atoms with E-state index in [1.165, 1.54) is 141 Å². The van der Waals surface area contributed by atoms with E-state index in [1.54, 1.807) is 0 Å². The van der Waals surface area contributed by atoms with Gasteiger partial charge in [0.15, 0.2) is 0 Å². The summed E-state index contributed by atoms with van der Waals surface area (Å²) < 4.78 is 6.08. The minimum Gasteiger partial charge on any atom is -0.378 e. The van der Waals surface area contributed by atoms with Gasteiger partial charge < -0.3 is 4.74 Å². The number of unbranched alkanes of at least 4 members (excludes halogenated alkanes) is 15. The topological polar surface area (TPSA) is 9.23 Å². The molecule has 0 spiro atoms. The van der Waals surface area contributed by atoms with Crippen molar-refractivity contribution in [2.75, 3.05) is 6.61 Å². The lowest BCUT2D eigenvalue weighted by Crippen LogP contribution is -2.12. The van der Waals surface area contributed by atoms with Crippen LogP contribution in [0.3, 0.4) is 0 Å². The molecule has 156 valence electrons. The van der Waals surface area contributed by atoms with Gasteiger partial charge in [-0.25, -0.2) is 0 Å². The van der Waals surface area contributed by atoms with Gasteiger partial charge in [-0.3, -0.25) is 0 Å². The minimum absolute atomic E-state index is 0.592. The van der Waals surface area contributed by atoms with E-state index < -0.39 is 0 Å². The average Bonchev–Trinajstić information content (AvgIpc) is 2.93. The van der Waals surface area contributed by atoms with Crippen molar-refractivity contribution in [1.82, 2.24) is 0 Å². The summed E-state index contributed by atoms with van der Waals surface area (Å²) in [5.74, 6) is 0. The van der Waals surface area contributed by atoms with E-state index in [-0.39, 0.29) is 0 Å². The molecule has 0 atom stereocenters. The Labute approximate surface area is 166 Å². The summed E-state index contributed by atoms with van der Waals surface area (Å²) in [6, 6.07) is 0. The van der Waals surface area contributed by atoms with Crippen molar-refractivity contribution < 1.29 is 4.74 Å². The summed E-state index contributed by atoms with van der Waals surface area (Å²) in [6.07, 6.45) is 31.9. The zero-order valence-corrected chi connectivity index (χ0v) is 18.2. The SMILES string of the molecule is CCCCCCCCCCCCCCCCCCOC1CCCCCC1. The van der Waals surface area contributed by atoms with Crippen LogP contribution in [0, 0.1) is 0 Å². The van der Waals surface area contributed by atoms with Crippen molar-refractivity contribution >= 4 is 0 Å². The number of hydrogen-bond donors (Lipinski definition) is 0. The highest BCUT2D eigenvalue weighted by Crippen LogP contribution is 2.20. The molecular weight excluding hydrogens is 316 g/mol. The molecule has 0 unspecified atom stereocenters. The van der Waals surface area contributed by atoms with Gasteiger partial charge in [0.1, 0.15) is 0 Å². The highest BCUT2D eigenvalue weighted by molar-refractivity contribution is 4.63. The molecule has 0 aromatic heterocycles. The summed E-state index contributed by atoms with van der Waals surface area (Å²) >= 11 is 0. The zero-order valence-electron chi connectivity index (χ0n) is 18.2. The van der Waals surface area contributed by atoms with Gasteiger partial charge >= 0.3 is 0 Å². The van der Waals surface area contributed by atoms with Crippen molar-refractivity contribution in [2.24, 2.45) is 0 Å². The summed E-state index contributed by atoms with van der Waals surface area (Å²) in [7, 11) is 0. The Morgan fingerprint density at radius 2 is 0.885 bits per heavy atom. The lowest BCUT2D eigenvalue weighted by Gasteiger charge is -2.15. The summed E-state index contributed by atoms with van der Waals surface area (Å²) in [6.45, 7) is 3.32. The molecule has 0 aromatic rings. The molecule has 0 aliphatic heterocycles. The van der Waals surface area contributed by atoms with Crippen LogP contribution in [0.25, 0.3) is 0 Å². The van der Waals surface area contributed by atoms with Crippen LogP contribution >= 0.6 is 0 Å². The summed E-state index contributed by atoms with van der Waals surface area (Å²) in [5, 5.41) is 0. The molecule has 0 amide bonds. The maximum absolute atomic E-state index is 6.08. The van der Waals surface area contributed by atoms with Gasteiger partial charge in [-0.05, 0) is 19.3 Å². The van der Waals surface area contributed by atoms with Crippen LogP contribution < -0.4 is 0 Å². The third kappa shape index (κ3) is 16.2. The largest absolute Gasteiger partial charge is 0.378 e. The van der Waals surface area contributed by atoms with Gasteiger partial charge in [-0.15, -0.1) is 0 Å². The molecule has 1 nitrogen and oxygen atoms in total. The Bertz CT molecular complexity index is 255. The molecule has 1 aliphatic rings. The van der Waals surface area contributed by atoms with Crippen molar-refractivity contribution in [3.63, 3.8) is 0 Å². The standard InChI is InChI=1S/C25H50O/c1-2-3-4-5-6-7-8-9-10-11-12-13-14-15-18-21-24-26-25-22-19-16-17-20-23-25/h25H,2-24H2,1H3. The molecule has 0 aromatic carbocycles. The molecule has 1 heteroatoms. The number of ether oxygens (including phenoxy) is 1. The third-order valence-corrected chi connectivity index (χ3v) is 6.15. The average molecular weight is 367 g/mol. The Kier molecular flexibility index (Phi) is 18.2. The van der Waals surface area contributed by atoms with Gasteiger partial charge in [0.05, 0.1) is 6.10 Å². The molecule has 1 saturated carbocycles. The van der Waals surface area contributed by atoms with Gasteiger partial charge in [0.2, 0.25) is 0 Å². The summed E-state index contributed by atoms with van der Waals surface area (Å²) in [5.41, 5.74) is 0. The monoisotopic (exact) mass is 366 g/mol. The van der Waals surface area contributed by atoms with Gasteiger partial charge in [-0.1, -0.05) is 129 Å². The van der Waals surface area contributed by atoms with E-state index >= 15 is 0 Å². The number of hydrogen-bond acceptors (Lipinski definition) is 1. The lowest BCUT2D eigenvalue weighted by atomic mass is 10.0. The van der Waals surface area contributed by atoms with Crippen LogP contribution in [0.15, 0.2) is 0 Å². The lowest BCUT2D eigenvalue weighted by molar-refractivity contribution is 0.0407. The fourth-order valence-corrected chi connectivity index (χ4v) is 4.31. The van der Waals surface area contributed by atoms with Crippen molar-refractivity contribution in [1.29, 1.82) is 0 Å². The first-order valence-electron chi connectivity index (χ1n) is 12.5. The van der Waals surface area contributed by atoms with E-state index in [0.29, 0.717) is 6.10 Å². The quantitative estimate of drug-likeness (QED) is 0.174. The predicted octanol–water partition coefficient (Wildman–Crippen LogP) is 8.99. The van der Waals surface area contributed by atoms with Crippen molar-refractivity contribution in [3.05, 3.63) is 0 Å². The molecule has 0 bridgehead atoms. The fraction of sp³-hybridized carbons (Fsp3) is 1.00. The normalized spacial score (nSPS) is 16.0. The Morgan fingerprint density at radius 3 is 1.31 bits per heavy atom. The summed E-state index contributed by atoms with van der Waals surface area (Å²) in [4.78, 5) is 0. The molecule has 0 radical (unpaired) electrons. The first kappa shape index (κ1) is 24.0. The number of rotatable bonds is 18. The van der Waals surface area contributed by atoms with Crippen LogP contribution in [-0.2, 0) is 4.74 Å². The molecule has 0 saturated heterocycles. The first-order valence-corrected chi connectivity index (χ1v) is 12.5. The van der Waals surface area contributed by atoms with E-state index in [4.69, 9.17) is 4.74 Å². The van der Waals surface area contributed by atoms with Crippen LogP contribution in [0.5, 0.6) is 0 Å². The molecule has 1 rings (SSSR count). The van der Waals surface area contributed by atoms with E-state index in [2.05, 4.69) is 6.92 Å². The van der Waals surface area contributed by atoms with Crippen LogP contribution in [-0.4, -0.2) is 12.7 Å². The second-order valence-electron chi connectivity index (χ2n) is 8.79. The second-order valence-corrected chi connectivity index (χ2v) is 8.79. The molecule has 1 aliphatic carbocycles. The van der Waals surface area contributed by atoms with Gasteiger partial charge in [-0.2, -0.15) is 0 Å². The smallest absolute Gasteiger partial charge is 0.0575 e. The van der Waals surface area contributed by atoms with Crippen molar-refractivity contribution in [2.45, 2.75) is 154 Å². The molecular formula is C25H50O. The Balaban J connectivity index is 1.68. The maximum atomic E-state index is 6.08.